The molecule has 0 bridgehead atoms. The summed E-state index contributed by atoms with van der Waals surface area (Å²) in [5.74, 6) is 0.695. The Bertz CT molecular complexity index is 1290. The van der Waals surface area contributed by atoms with Gasteiger partial charge in [0.05, 0.1) is 24.6 Å². The van der Waals surface area contributed by atoms with Gasteiger partial charge < -0.3 is 14.8 Å². The molecule has 2 aromatic heterocycles. The standard InChI is InChI=1S/C19H16N4O4/c1-10-7-14-13(8-15(10)24)18(25)17-16(19(26)20-14)21-22-23(17)9-11-3-5-12(27-2)6-4-11/h3-8,24H,9H2,1-2H3,(H,20,26). The Kier molecular flexibility index (Phi) is 3.88. The number of phenols is 1. The Labute approximate surface area is 152 Å². The number of ether oxygens (including phenoxy) is 1. The molecule has 0 amide bonds. The molecule has 2 heterocycles. The number of fused-ring (bicyclic) bond motifs is 2. The summed E-state index contributed by atoms with van der Waals surface area (Å²) >= 11 is 0. The van der Waals surface area contributed by atoms with Crippen LogP contribution in [0.1, 0.15) is 11.1 Å². The van der Waals surface area contributed by atoms with Crippen LogP contribution in [0.2, 0.25) is 0 Å². The van der Waals surface area contributed by atoms with E-state index in [2.05, 4.69) is 15.3 Å². The number of nitrogens with one attached hydrogen (secondary N) is 1. The lowest BCUT2D eigenvalue weighted by Crippen LogP contribution is -2.10. The van der Waals surface area contributed by atoms with Crippen LogP contribution < -0.4 is 15.7 Å². The average Bonchev–Trinajstić information content (AvgIpc) is 3.04. The van der Waals surface area contributed by atoms with Gasteiger partial charge in [-0.25, -0.2) is 4.68 Å². The van der Waals surface area contributed by atoms with Gasteiger partial charge in [-0.05, 0) is 42.3 Å². The van der Waals surface area contributed by atoms with Crippen molar-refractivity contribution in [2.45, 2.75) is 13.5 Å². The summed E-state index contributed by atoms with van der Waals surface area (Å²) in [5.41, 5.74) is 0.880. The number of hydrogen-bond acceptors (Lipinski definition) is 6. The number of aryl methyl sites for hydroxylation is 1. The average molecular weight is 364 g/mol. The van der Waals surface area contributed by atoms with Crippen molar-refractivity contribution in [2.24, 2.45) is 0 Å². The molecular weight excluding hydrogens is 348 g/mol. The molecule has 27 heavy (non-hydrogen) atoms. The van der Waals surface area contributed by atoms with Gasteiger partial charge in [-0.3, -0.25) is 9.59 Å². The van der Waals surface area contributed by atoms with E-state index in [1.54, 1.807) is 32.2 Å². The fourth-order valence-corrected chi connectivity index (χ4v) is 3.00. The van der Waals surface area contributed by atoms with Gasteiger partial charge in [0.25, 0.3) is 5.56 Å². The van der Waals surface area contributed by atoms with E-state index in [-0.39, 0.29) is 28.7 Å². The minimum absolute atomic E-state index is 0.0195. The molecule has 8 heteroatoms. The zero-order valence-electron chi connectivity index (χ0n) is 14.7. The minimum Gasteiger partial charge on any atom is -0.508 e. The number of methoxy groups -OCH3 is 1. The van der Waals surface area contributed by atoms with E-state index in [1.165, 1.54) is 10.7 Å². The molecule has 0 saturated heterocycles. The zero-order chi connectivity index (χ0) is 19.1. The Morgan fingerprint density at radius 3 is 2.63 bits per heavy atom. The maximum Gasteiger partial charge on any atom is 0.278 e. The van der Waals surface area contributed by atoms with Gasteiger partial charge in [-0.15, -0.1) is 5.10 Å². The predicted molar refractivity (Wildman–Crippen MR) is 100 cm³/mol. The summed E-state index contributed by atoms with van der Waals surface area (Å²) in [7, 11) is 1.58. The Hall–Kier alpha value is -3.68. The van der Waals surface area contributed by atoms with Gasteiger partial charge in [0.2, 0.25) is 5.43 Å². The van der Waals surface area contributed by atoms with E-state index >= 15 is 0 Å². The van der Waals surface area contributed by atoms with E-state index in [9.17, 15) is 14.7 Å². The van der Waals surface area contributed by atoms with E-state index in [0.29, 0.717) is 16.8 Å². The van der Waals surface area contributed by atoms with Crippen molar-refractivity contribution in [1.29, 1.82) is 0 Å². The Balaban J connectivity index is 1.97. The van der Waals surface area contributed by atoms with Crippen LogP contribution in [-0.2, 0) is 6.54 Å². The van der Waals surface area contributed by atoms with Gasteiger partial charge >= 0.3 is 0 Å². The highest BCUT2D eigenvalue weighted by Crippen LogP contribution is 2.21. The zero-order valence-corrected chi connectivity index (χ0v) is 14.7. The third-order valence-corrected chi connectivity index (χ3v) is 4.49. The first-order valence-corrected chi connectivity index (χ1v) is 8.24. The van der Waals surface area contributed by atoms with Crippen molar-refractivity contribution in [2.75, 3.05) is 7.11 Å². The first-order chi connectivity index (χ1) is 13.0. The number of benzene rings is 2. The second-order valence-corrected chi connectivity index (χ2v) is 6.26. The lowest BCUT2D eigenvalue weighted by molar-refractivity contribution is 0.414. The van der Waals surface area contributed by atoms with Gasteiger partial charge in [-0.2, -0.15) is 0 Å². The smallest absolute Gasteiger partial charge is 0.278 e. The first-order valence-electron chi connectivity index (χ1n) is 8.24. The summed E-state index contributed by atoms with van der Waals surface area (Å²) < 4.78 is 6.53. The molecule has 0 atom stereocenters. The van der Waals surface area contributed by atoms with E-state index in [1.807, 2.05) is 12.1 Å². The summed E-state index contributed by atoms with van der Waals surface area (Å²) in [5, 5.41) is 18.1. The number of H-pyrrole nitrogens is 1. The highest BCUT2D eigenvalue weighted by molar-refractivity contribution is 5.88. The van der Waals surface area contributed by atoms with Crippen molar-refractivity contribution >= 4 is 21.9 Å². The molecule has 0 aliphatic carbocycles. The van der Waals surface area contributed by atoms with Gasteiger partial charge in [0.1, 0.15) is 17.0 Å². The lowest BCUT2D eigenvalue weighted by Gasteiger charge is -2.04. The fourth-order valence-electron chi connectivity index (χ4n) is 3.00. The van der Waals surface area contributed by atoms with Crippen molar-refractivity contribution in [3.05, 3.63) is 68.1 Å². The van der Waals surface area contributed by atoms with Crippen LogP contribution in [0.5, 0.6) is 11.5 Å². The largest absolute Gasteiger partial charge is 0.508 e. The quantitative estimate of drug-likeness (QED) is 0.573. The number of aromatic nitrogens is 4. The molecular formula is C19H16N4O4. The molecule has 0 radical (unpaired) electrons. The monoisotopic (exact) mass is 364 g/mol. The van der Waals surface area contributed by atoms with Crippen LogP contribution >= 0.6 is 0 Å². The minimum atomic E-state index is -0.511. The van der Waals surface area contributed by atoms with Gasteiger partial charge in [-0.1, -0.05) is 17.3 Å². The number of aromatic hydroxyl groups is 1. The third-order valence-electron chi connectivity index (χ3n) is 4.49. The molecule has 4 rings (SSSR count). The van der Waals surface area contributed by atoms with Crippen LogP contribution in [0.25, 0.3) is 21.9 Å². The Morgan fingerprint density at radius 1 is 1.19 bits per heavy atom. The molecule has 0 aliphatic heterocycles. The third kappa shape index (κ3) is 2.80. The van der Waals surface area contributed by atoms with Crippen molar-refractivity contribution in [3.63, 3.8) is 0 Å². The summed E-state index contributed by atoms with van der Waals surface area (Å²) in [6.45, 7) is 1.95. The normalized spacial score (nSPS) is 11.2. The maximum absolute atomic E-state index is 13.1. The summed E-state index contributed by atoms with van der Waals surface area (Å²) in [6, 6.07) is 10.2. The summed E-state index contributed by atoms with van der Waals surface area (Å²) in [4.78, 5) is 28.3. The highest BCUT2D eigenvalue weighted by atomic mass is 16.5. The van der Waals surface area contributed by atoms with E-state index < -0.39 is 11.0 Å². The first kappa shape index (κ1) is 16.8. The van der Waals surface area contributed by atoms with E-state index in [4.69, 9.17) is 4.74 Å². The molecule has 0 saturated carbocycles. The van der Waals surface area contributed by atoms with Crippen molar-refractivity contribution in [3.8, 4) is 11.5 Å². The predicted octanol–water partition coefficient (Wildman–Crippen LogP) is 1.70. The molecule has 0 fully saturated rings. The van der Waals surface area contributed by atoms with Crippen LogP contribution in [0, 0.1) is 6.92 Å². The van der Waals surface area contributed by atoms with Crippen LogP contribution in [0.15, 0.2) is 46.0 Å². The molecule has 8 nitrogen and oxygen atoms in total. The number of aromatic amines is 1. The second-order valence-electron chi connectivity index (χ2n) is 6.26. The van der Waals surface area contributed by atoms with Crippen LogP contribution in [0.4, 0.5) is 0 Å². The van der Waals surface area contributed by atoms with E-state index in [0.717, 1.165) is 5.56 Å². The molecule has 0 aliphatic rings. The molecule has 2 aromatic carbocycles. The number of rotatable bonds is 3. The number of nitrogens with zero attached hydrogens (tertiary/aromatic N) is 3. The molecule has 0 unspecified atom stereocenters. The molecule has 136 valence electrons. The van der Waals surface area contributed by atoms with Crippen molar-refractivity contribution in [1.82, 2.24) is 20.0 Å². The fraction of sp³-hybridized carbons (Fsp3) is 0.158. The Morgan fingerprint density at radius 2 is 1.93 bits per heavy atom. The van der Waals surface area contributed by atoms with Gasteiger partial charge in [0.15, 0.2) is 5.52 Å². The number of hydrogen-bond donors (Lipinski definition) is 2. The highest BCUT2D eigenvalue weighted by Gasteiger charge is 2.15. The van der Waals surface area contributed by atoms with Crippen molar-refractivity contribution < 1.29 is 9.84 Å². The van der Waals surface area contributed by atoms with Gasteiger partial charge in [0, 0.05) is 0 Å². The molecule has 0 spiro atoms. The number of phenolic OH excluding ortho intramolecular Hbond substituents is 1. The lowest BCUT2D eigenvalue weighted by atomic mass is 10.1. The topological polar surface area (TPSA) is 110 Å². The maximum atomic E-state index is 13.1. The van der Waals surface area contributed by atoms with Crippen LogP contribution in [0.3, 0.4) is 0 Å². The summed E-state index contributed by atoms with van der Waals surface area (Å²) in [6.07, 6.45) is 0. The van der Waals surface area contributed by atoms with Crippen LogP contribution in [-0.4, -0.2) is 32.2 Å². The second kappa shape index (κ2) is 6.24. The molecule has 4 aromatic rings. The molecule has 2 N–H and O–H groups in total. The SMILES string of the molecule is COc1ccc(Cn2nnc3c(=O)[nH]c4cc(C)c(O)cc4c(=O)c32)cc1.